The van der Waals surface area contributed by atoms with Gasteiger partial charge in [0.2, 0.25) is 22.8 Å². The number of hydrogen-bond donors (Lipinski definition) is 2. The molecule has 0 radical (unpaired) electrons. The molecule has 1 amide bonds. The van der Waals surface area contributed by atoms with Gasteiger partial charge in [0.25, 0.3) is 0 Å². The van der Waals surface area contributed by atoms with Gasteiger partial charge in [0, 0.05) is 11.3 Å². The fraction of sp³-hybridized carbons (Fsp3) is 0.240. The van der Waals surface area contributed by atoms with Crippen molar-refractivity contribution in [1.82, 2.24) is 9.55 Å². The Morgan fingerprint density at radius 1 is 1.16 bits per heavy atom. The topological polar surface area (TPSA) is 97.4 Å². The minimum Gasteiger partial charge on any atom is -0.430 e. The van der Waals surface area contributed by atoms with Crippen molar-refractivity contribution < 1.29 is 27.5 Å². The van der Waals surface area contributed by atoms with E-state index in [4.69, 9.17) is 16.0 Å². The Labute approximate surface area is 222 Å². The smallest absolute Gasteiger partial charge is 0.416 e. The van der Waals surface area contributed by atoms with E-state index in [0.717, 1.165) is 18.2 Å². The molecule has 0 fully saturated rings. The lowest BCUT2D eigenvalue weighted by molar-refractivity contribution is -0.137. The fourth-order valence-electron chi connectivity index (χ4n) is 3.65. The van der Waals surface area contributed by atoms with Crippen molar-refractivity contribution in [2.45, 2.75) is 39.1 Å². The highest BCUT2D eigenvalue weighted by atomic mass is 79.9. The van der Waals surface area contributed by atoms with Crippen LogP contribution in [0.25, 0.3) is 22.7 Å². The Morgan fingerprint density at radius 2 is 1.78 bits per heavy atom. The maximum absolute atomic E-state index is 12.9. The SMILES string of the molecule is Cc1c(Br)c(=O)c2oc(-c3ccc(C(C)(C)O)cc3)nc2n1CC(=O)Nc1ccc(C(F)(F)F)cc1Cl. The lowest BCUT2D eigenvalue weighted by atomic mass is 9.97. The minimum atomic E-state index is -4.57. The van der Waals surface area contributed by atoms with Gasteiger partial charge in [-0.3, -0.25) is 9.59 Å². The number of pyridine rings is 1. The number of hydrogen-bond acceptors (Lipinski definition) is 5. The minimum absolute atomic E-state index is 0.00131. The number of rotatable bonds is 5. The number of fused-ring (bicyclic) bond motifs is 1. The maximum Gasteiger partial charge on any atom is 0.416 e. The molecule has 7 nitrogen and oxygen atoms in total. The summed E-state index contributed by atoms with van der Waals surface area (Å²) < 4.78 is 46.1. The number of nitrogens with zero attached hydrogens (tertiary/aromatic N) is 2. The number of aliphatic hydroxyl groups is 1. The highest BCUT2D eigenvalue weighted by Gasteiger charge is 2.31. The number of benzene rings is 2. The molecule has 0 unspecified atom stereocenters. The molecule has 0 spiro atoms. The molecule has 4 rings (SSSR count). The normalized spacial score (nSPS) is 12.2. The lowest BCUT2D eigenvalue weighted by Gasteiger charge is -2.17. The van der Waals surface area contributed by atoms with Gasteiger partial charge in [0.05, 0.1) is 26.3 Å². The zero-order valence-corrected chi connectivity index (χ0v) is 22.0. The summed E-state index contributed by atoms with van der Waals surface area (Å²) in [6.45, 7) is 4.58. The van der Waals surface area contributed by atoms with E-state index in [0.29, 0.717) is 16.8 Å². The van der Waals surface area contributed by atoms with Crippen LogP contribution in [0.3, 0.4) is 0 Å². The van der Waals surface area contributed by atoms with Crippen molar-refractivity contribution in [3.8, 4) is 11.5 Å². The van der Waals surface area contributed by atoms with Crippen LogP contribution in [0.2, 0.25) is 5.02 Å². The Hall–Kier alpha value is -3.15. The van der Waals surface area contributed by atoms with Gasteiger partial charge in [-0.2, -0.15) is 18.2 Å². The molecule has 0 saturated heterocycles. The zero-order valence-electron chi connectivity index (χ0n) is 19.7. The molecule has 0 aliphatic rings. The van der Waals surface area contributed by atoms with Crippen LogP contribution < -0.4 is 10.7 Å². The quantitative estimate of drug-likeness (QED) is 0.282. The van der Waals surface area contributed by atoms with Gasteiger partial charge >= 0.3 is 6.18 Å². The summed E-state index contributed by atoms with van der Waals surface area (Å²) in [5.74, 6) is -0.479. The van der Waals surface area contributed by atoms with Crippen molar-refractivity contribution in [3.05, 3.63) is 79.0 Å². The van der Waals surface area contributed by atoms with E-state index in [1.54, 1.807) is 45.0 Å². The second kappa shape index (κ2) is 9.62. The van der Waals surface area contributed by atoms with Gasteiger partial charge in [-0.25, -0.2) is 0 Å². The first-order valence-corrected chi connectivity index (χ1v) is 12.0. The molecule has 0 bridgehead atoms. The molecule has 12 heteroatoms. The van der Waals surface area contributed by atoms with Gasteiger partial charge in [-0.1, -0.05) is 23.7 Å². The van der Waals surface area contributed by atoms with E-state index in [1.165, 1.54) is 4.57 Å². The van der Waals surface area contributed by atoms with E-state index in [2.05, 4.69) is 26.2 Å². The number of carbonyl (C=O) groups is 1. The number of halogens is 5. The van der Waals surface area contributed by atoms with E-state index in [-0.39, 0.29) is 38.8 Å². The first-order valence-electron chi connectivity index (χ1n) is 10.9. The predicted molar refractivity (Wildman–Crippen MR) is 136 cm³/mol. The van der Waals surface area contributed by atoms with E-state index >= 15 is 0 Å². The van der Waals surface area contributed by atoms with Crippen LogP contribution in [0.4, 0.5) is 18.9 Å². The summed E-state index contributed by atoms with van der Waals surface area (Å²) in [6, 6.07) is 9.40. The largest absolute Gasteiger partial charge is 0.430 e. The first-order chi connectivity index (χ1) is 17.2. The molecule has 37 heavy (non-hydrogen) atoms. The summed E-state index contributed by atoms with van der Waals surface area (Å²) in [7, 11) is 0. The summed E-state index contributed by atoms with van der Waals surface area (Å²) in [5, 5.41) is 12.4. The van der Waals surface area contributed by atoms with Crippen LogP contribution in [0.5, 0.6) is 0 Å². The van der Waals surface area contributed by atoms with Crippen molar-refractivity contribution in [2.24, 2.45) is 0 Å². The second-order valence-electron chi connectivity index (χ2n) is 8.86. The molecule has 2 aromatic carbocycles. The van der Waals surface area contributed by atoms with Crippen LogP contribution in [-0.4, -0.2) is 20.6 Å². The van der Waals surface area contributed by atoms with Crippen LogP contribution in [0, 0.1) is 6.92 Å². The van der Waals surface area contributed by atoms with Gasteiger partial charge in [0.15, 0.2) is 5.65 Å². The molecular weight excluding hydrogens is 579 g/mol. The Kier molecular flexibility index (Phi) is 7.00. The molecule has 0 aliphatic carbocycles. The van der Waals surface area contributed by atoms with E-state index in [1.807, 2.05) is 0 Å². The van der Waals surface area contributed by atoms with Crippen LogP contribution in [-0.2, 0) is 23.1 Å². The number of amides is 1. The van der Waals surface area contributed by atoms with Crippen molar-refractivity contribution in [1.29, 1.82) is 0 Å². The first kappa shape index (κ1) is 26.9. The summed E-state index contributed by atoms with van der Waals surface area (Å²) in [4.78, 5) is 30.1. The maximum atomic E-state index is 12.9. The molecule has 0 atom stereocenters. The number of oxazole rings is 1. The molecule has 194 valence electrons. The van der Waals surface area contributed by atoms with Gasteiger partial charge < -0.3 is 19.4 Å². The van der Waals surface area contributed by atoms with Crippen LogP contribution in [0.1, 0.15) is 30.7 Å². The average molecular weight is 599 g/mol. The van der Waals surface area contributed by atoms with Gasteiger partial charge in [0.1, 0.15) is 6.54 Å². The number of anilines is 1. The second-order valence-corrected chi connectivity index (χ2v) is 10.1. The van der Waals surface area contributed by atoms with Crippen LogP contribution >= 0.6 is 27.5 Å². The molecule has 0 aliphatic heterocycles. The Morgan fingerprint density at radius 3 is 2.35 bits per heavy atom. The third-order valence-electron chi connectivity index (χ3n) is 5.70. The van der Waals surface area contributed by atoms with E-state index < -0.39 is 28.7 Å². The highest BCUT2D eigenvalue weighted by Crippen LogP contribution is 2.34. The number of nitrogens with one attached hydrogen (secondary N) is 1. The third kappa shape index (κ3) is 5.43. The molecule has 2 heterocycles. The molecule has 4 aromatic rings. The number of aromatic nitrogens is 2. The lowest BCUT2D eigenvalue weighted by Crippen LogP contribution is -2.23. The average Bonchev–Trinajstić information content (AvgIpc) is 3.26. The van der Waals surface area contributed by atoms with E-state index in [9.17, 15) is 27.9 Å². The zero-order chi connectivity index (χ0) is 27.3. The molecular formula is C25H20BrClF3N3O4. The van der Waals surface area contributed by atoms with Crippen molar-refractivity contribution in [3.63, 3.8) is 0 Å². The summed E-state index contributed by atoms with van der Waals surface area (Å²) >= 11 is 9.19. The van der Waals surface area contributed by atoms with Gasteiger partial charge in [-0.05, 0) is 72.6 Å². The Balaban J connectivity index is 1.68. The summed E-state index contributed by atoms with van der Waals surface area (Å²) in [6.07, 6.45) is -4.57. The monoisotopic (exact) mass is 597 g/mol. The van der Waals surface area contributed by atoms with Crippen LogP contribution in [0.15, 0.2) is 56.1 Å². The van der Waals surface area contributed by atoms with Crippen molar-refractivity contribution >= 4 is 50.4 Å². The number of carbonyl (C=O) groups excluding carboxylic acids is 1. The summed E-state index contributed by atoms with van der Waals surface area (Å²) in [5.41, 5.74) is -0.805. The fourth-order valence-corrected chi connectivity index (χ4v) is 4.27. The predicted octanol–water partition coefficient (Wildman–Crippen LogP) is 6.27. The molecule has 2 aromatic heterocycles. The molecule has 2 N–H and O–H groups in total. The Bertz CT molecular complexity index is 1570. The standard InChI is InChI=1S/C25H20BrClF3N3O4/c1-12-19(26)20(35)21-22(32-23(37-21)13-4-6-14(7-5-13)24(2,3)36)33(12)11-18(34)31-17-9-8-15(10-16(17)27)25(28,29)30/h4-10,36H,11H2,1-3H3,(H,31,34). The number of alkyl halides is 3. The highest BCUT2D eigenvalue weighted by molar-refractivity contribution is 9.10. The van der Waals surface area contributed by atoms with Gasteiger partial charge in [-0.15, -0.1) is 0 Å². The molecule has 0 saturated carbocycles. The third-order valence-corrected chi connectivity index (χ3v) is 6.95. The van der Waals surface area contributed by atoms with Crippen molar-refractivity contribution in [2.75, 3.05) is 5.32 Å².